The molecule has 1 N–H and O–H groups in total. The monoisotopic (exact) mass is 334 g/mol. The molecule has 1 saturated heterocycles. The molecule has 0 radical (unpaired) electrons. The van der Waals surface area contributed by atoms with E-state index >= 15 is 0 Å². The molecule has 1 aliphatic heterocycles. The summed E-state index contributed by atoms with van der Waals surface area (Å²) in [5.41, 5.74) is 4.31. The molecule has 132 valence electrons. The van der Waals surface area contributed by atoms with Crippen molar-refractivity contribution in [2.24, 2.45) is 5.92 Å². The van der Waals surface area contributed by atoms with Crippen molar-refractivity contribution in [2.45, 2.75) is 44.7 Å². The average molecular weight is 335 g/mol. The highest BCUT2D eigenvalue weighted by atomic mass is 15.1. The molecule has 2 aliphatic rings. The Kier molecular flexibility index (Phi) is 5.19. The maximum Gasteiger partial charge on any atom is 0.0233 e. The van der Waals surface area contributed by atoms with E-state index in [9.17, 15) is 0 Å². The van der Waals surface area contributed by atoms with Gasteiger partial charge < -0.3 is 5.32 Å². The summed E-state index contributed by atoms with van der Waals surface area (Å²) in [7, 11) is 0. The minimum Gasteiger partial charge on any atom is -0.313 e. The van der Waals surface area contributed by atoms with Crippen molar-refractivity contribution >= 4 is 0 Å². The third kappa shape index (κ3) is 4.50. The van der Waals surface area contributed by atoms with Gasteiger partial charge in [0.05, 0.1) is 0 Å². The number of nitrogens with zero attached hydrogens (tertiary/aromatic N) is 1. The van der Waals surface area contributed by atoms with Crippen LogP contribution < -0.4 is 5.32 Å². The van der Waals surface area contributed by atoms with Crippen molar-refractivity contribution < 1.29 is 0 Å². The summed E-state index contributed by atoms with van der Waals surface area (Å²) in [5, 5.41) is 3.83. The lowest BCUT2D eigenvalue weighted by atomic mass is 9.96. The second-order valence-electron chi connectivity index (χ2n) is 7.97. The van der Waals surface area contributed by atoms with E-state index in [1.807, 2.05) is 0 Å². The molecule has 1 aliphatic carbocycles. The maximum absolute atomic E-state index is 3.83. The molecule has 0 unspecified atom stereocenters. The molecular formula is C23H30N2. The highest BCUT2D eigenvalue weighted by molar-refractivity contribution is 5.27. The first-order valence-corrected chi connectivity index (χ1v) is 9.84. The van der Waals surface area contributed by atoms with Crippen LogP contribution >= 0.6 is 0 Å². The zero-order valence-corrected chi connectivity index (χ0v) is 15.3. The quantitative estimate of drug-likeness (QED) is 0.845. The number of piperidine rings is 1. The minimum atomic E-state index is 0.716. The maximum atomic E-state index is 3.83. The Bertz CT molecular complexity index is 656. The standard InChI is InChI=1S/C23H30N2/c1-18-7-9-20(10-8-18)17-25-13-11-19(12-14-25)16-24-23-15-22(23)21-5-3-2-4-6-21/h2-10,19,22-24H,11-17H2,1H3/t22-,23+/m0/s1. The molecule has 0 aromatic heterocycles. The Balaban J connectivity index is 1.17. The SMILES string of the molecule is Cc1ccc(CN2CCC(CN[C@@H]3C[C@H]3c3ccccc3)CC2)cc1. The van der Waals surface area contributed by atoms with Gasteiger partial charge in [-0.15, -0.1) is 0 Å². The highest BCUT2D eigenvalue weighted by Gasteiger charge is 2.38. The second-order valence-corrected chi connectivity index (χ2v) is 7.97. The molecule has 2 nitrogen and oxygen atoms in total. The lowest BCUT2D eigenvalue weighted by molar-refractivity contribution is 0.175. The number of likely N-dealkylation sites (tertiary alicyclic amines) is 1. The van der Waals surface area contributed by atoms with Gasteiger partial charge in [0.1, 0.15) is 0 Å². The number of hydrogen-bond donors (Lipinski definition) is 1. The highest BCUT2D eigenvalue weighted by Crippen LogP contribution is 2.40. The normalized spacial score (nSPS) is 24.4. The van der Waals surface area contributed by atoms with Gasteiger partial charge in [0, 0.05) is 18.5 Å². The van der Waals surface area contributed by atoms with Crippen LogP contribution in [0.1, 0.15) is 41.9 Å². The number of aryl methyl sites for hydroxylation is 1. The number of hydrogen-bond acceptors (Lipinski definition) is 2. The molecule has 2 heteroatoms. The molecule has 0 spiro atoms. The molecule has 1 heterocycles. The van der Waals surface area contributed by atoms with Crippen LogP contribution in [0.2, 0.25) is 0 Å². The predicted molar refractivity (Wildman–Crippen MR) is 105 cm³/mol. The van der Waals surface area contributed by atoms with Crippen molar-refractivity contribution in [3.63, 3.8) is 0 Å². The third-order valence-electron chi connectivity index (χ3n) is 5.92. The summed E-state index contributed by atoms with van der Waals surface area (Å²) in [5.74, 6) is 1.61. The smallest absolute Gasteiger partial charge is 0.0233 e. The van der Waals surface area contributed by atoms with Gasteiger partial charge in [0.15, 0.2) is 0 Å². The largest absolute Gasteiger partial charge is 0.313 e. The van der Waals surface area contributed by atoms with Gasteiger partial charge in [-0.05, 0) is 62.9 Å². The molecule has 4 rings (SSSR count). The first-order chi connectivity index (χ1) is 12.3. The molecule has 2 aromatic rings. The van der Waals surface area contributed by atoms with Crippen LogP contribution in [-0.2, 0) is 6.54 Å². The Hall–Kier alpha value is -1.64. The fraction of sp³-hybridized carbons (Fsp3) is 0.478. The molecule has 2 atom stereocenters. The van der Waals surface area contributed by atoms with E-state index in [0.717, 1.165) is 18.4 Å². The van der Waals surface area contributed by atoms with E-state index < -0.39 is 0 Å². The van der Waals surface area contributed by atoms with E-state index in [2.05, 4.69) is 71.7 Å². The van der Waals surface area contributed by atoms with Gasteiger partial charge in [-0.3, -0.25) is 4.90 Å². The van der Waals surface area contributed by atoms with Gasteiger partial charge >= 0.3 is 0 Å². The number of benzene rings is 2. The van der Waals surface area contributed by atoms with Gasteiger partial charge in [-0.25, -0.2) is 0 Å². The minimum absolute atomic E-state index is 0.716. The van der Waals surface area contributed by atoms with Crippen LogP contribution in [0, 0.1) is 12.8 Å². The fourth-order valence-electron chi connectivity index (χ4n) is 4.11. The van der Waals surface area contributed by atoms with Crippen LogP contribution in [0.5, 0.6) is 0 Å². The van der Waals surface area contributed by atoms with E-state index in [-0.39, 0.29) is 0 Å². The Morgan fingerprint density at radius 3 is 2.40 bits per heavy atom. The molecule has 25 heavy (non-hydrogen) atoms. The van der Waals surface area contributed by atoms with Crippen LogP contribution in [-0.4, -0.2) is 30.6 Å². The summed E-state index contributed by atoms with van der Waals surface area (Å²) in [4.78, 5) is 2.62. The zero-order valence-electron chi connectivity index (χ0n) is 15.3. The van der Waals surface area contributed by atoms with Crippen molar-refractivity contribution in [1.29, 1.82) is 0 Å². The lowest BCUT2D eigenvalue weighted by Gasteiger charge is -2.32. The van der Waals surface area contributed by atoms with Crippen molar-refractivity contribution in [3.8, 4) is 0 Å². The first-order valence-electron chi connectivity index (χ1n) is 9.84. The van der Waals surface area contributed by atoms with E-state index in [0.29, 0.717) is 6.04 Å². The molecular weight excluding hydrogens is 304 g/mol. The van der Waals surface area contributed by atoms with Crippen LogP contribution in [0.3, 0.4) is 0 Å². The van der Waals surface area contributed by atoms with Crippen LogP contribution in [0.15, 0.2) is 54.6 Å². The zero-order chi connectivity index (χ0) is 17.1. The first kappa shape index (κ1) is 16.8. The summed E-state index contributed by atoms with van der Waals surface area (Å²) >= 11 is 0. The Morgan fingerprint density at radius 2 is 1.68 bits per heavy atom. The predicted octanol–water partition coefficient (Wildman–Crippen LogP) is 4.35. The summed E-state index contributed by atoms with van der Waals surface area (Å²) in [6, 6.07) is 20.7. The second kappa shape index (κ2) is 7.72. The molecule has 0 bridgehead atoms. The third-order valence-corrected chi connectivity index (χ3v) is 5.92. The van der Waals surface area contributed by atoms with E-state index in [1.54, 1.807) is 0 Å². The van der Waals surface area contributed by atoms with Gasteiger partial charge in [0.25, 0.3) is 0 Å². The molecule has 2 fully saturated rings. The molecule has 1 saturated carbocycles. The van der Waals surface area contributed by atoms with Crippen LogP contribution in [0.4, 0.5) is 0 Å². The Morgan fingerprint density at radius 1 is 0.960 bits per heavy atom. The number of rotatable bonds is 6. The average Bonchev–Trinajstić information content (AvgIpc) is 3.44. The summed E-state index contributed by atoms with van der Waals surface area (Å²) < 4.78 is 0. The molecule has 0 amide bonds. The van der Waals surface area contributed by atoms with Crippen molar-refractivity contribution in [2.75, 3.05) is 19.6 Å². The lowest BCUT2D eigenvalue weighted by Crippen LogP contribution is -2.37. The van der Waals surface area contributed by atoms with Gasteiger partial charge in [-0.2, -0.15) is 0 Å². The van der Waals surface area contributed by atoms with Crippen molar-refractivity contribution in [1.82, 2.24) is 10.2 Å². The van der Waals surface area contributed by atoms with Gasteiger partial charge in [-0.1, -0.05) is 60.2 Å². The van der Waals surface area contributed by atoms with Gasteiger partial charge in [0.2, 0.25) is 0 Å². The topological polar surface area (TPSA) is 15.3 Å². The fourth-order valence-corrected chi connectivity index (χ4v) is 4.11. The summed E-state index contributed by atoms with van der Waals surface area (Å²) in [6.07, 6.45) is 3.99. The summed E-state index contributed by atoms with van der Waals surface area (Å²) in [6.45, 7) is 6.95. The van der Waals surface area contributed by atoms with E-state index in [4.69, 9.17) is 0 Å². The number of nitrogens with one attached hydrogen (secondary N) is 1. The van der Waals surface area contributed by atoms with Crippen molar-refractivity contribution in [3.05, 3.63) is 71.3 Å². The van der Waals surface area contributed by atoms with Crippen LogP contribution in [0.25, 0.3) is 0 Å². The Labute approximate surface area is 152 Å². The van der Waals surface area contributed by atoms with E-state index in [1.165, 1.54) is 55.6 Å². The molecule has 2 aromatic carbocycles.